The second kappa shape index (κ2) is 6.89. The van der Waals surface area contributed by atoms with Gasteiger partial charge in [0.2, 0.25) is 0 Å². The van der Waals surface area contributed by atoms with Gasteiger partial charge in [-0.1, -0.05) is 6.07 Å². The van der Waals surface area contributed by atoms with Gasteiger partial charge in [0.25, 0.3) is 0 Å². The van der Waals surface area contributed by atoms with E-state index in [-0.39, 0.29) is 12.1 Å². The Hall–Kier alpha value is -0.620. The van der Waals surface area contributed by atoms with Crippen LogP contribution in [0.25, 0.3) is 0 Å². The number of methoxy groups -OCH3 is 1. The molecule has 1 saturated heterocycles. The SMILES string of the molecule is COc1ccc(C(CN)N2CC(C)OCC2C)cc1Br. The first-order valence-electron chi connectivity index (χ1n) is 6.97. The Balaban J connectivity index is 2.24. The average Bonchev–Trinajstić information content (AvgIpc) is 2.44. The second-order valence-corrected chi connectivity index (χ2v) is 6.19. The van der Waals surface area contributed by atoms with Gasteiger partial charge < -0.3 is 15.2 Å². The highest BCUT2D eigenvalue weighted by Crippen LogP contribution is 2.31. The van der Waals surface area contributed by atoms with E-state index in [0.717, 1.165) is 23.4 Å². The third-order valence-electron chi connectivity index (χ3n) is 3.84. The highest BCUT2D eigenvalue weighted by atomic mass is 79.9. The maximum Gasteiger partial charge on any atom is 0.133 e. The van der Waals surface area contributed by atoms with Crippen LogP contribution in [-0.4, -0.2) is 43.9 Å². The van der Waals surface area contributed by atoms with E-state index < -0.39 is 0 Å². The van der Waals surface area contributed by atoms with Crippen molar-refractivity contribution in [2.75, 3.05) is 26.8 Å². The Morgan fingerprint density at radius 2 is 2.25 bits per heavy atom. The van der Waals surface area contributed by atoms with Crippen LogP contribution >= 0.6 is 15.9 Å². The van der Waals surface area contributed by atoms with Gasteiger partial charge in [0.15, 0.2) is 0 Å². The molecule has 0 bridgehead atoms. The van der Waals surface area contributed by atoms with Gasteiger partial charge in [-0.25, -0.2) is 0 Å². The van der Waals surface area contributed by atoms with Crippen LogP contribution in [0.4, 0.5) is 0 Å². The van der Waals surface area contributed by atoms with E-state index in [2.05, 4.69) is 46.8 Å². The van der Waals surface area contributed by atoms with E-state index in [1.807, 2.05) is 6.07 Å². The molecule has 1 aliphatic heterocycles. The van der Waals surface area contributed by atoms with Gasteiger partial charge in [0, 0.05) is 25.2 Å². The molecule has 1 aromatic carbocycles. The van der Waals surface area contributed by atoms with Crippen molar-refractivity contribution < 1.29 is 9.47 Å². The zero-order chi connectivity index (χ0) is 14.7. The van der Waals surface area contributed by atoms with Gasteiger partial charge in [-0.3, -0.25) is 4.90 Å². The summed E-state index contributed by atoms with van der Waals surface area (Å²) in [5.41, 5.74) is 7.24. The van der Waals surface area contributed by atoms with Crippen LogP contribution in [0.1, 0.15) is 25.5 Å². The fourth-order valence-electron chi connectivity index (χ4n) is 2.72. The molecule has 0 saturated carbocycles. The van der Waals surface area contributed by atoms with Crippen molar-refractivity contribution >= 4 is 15.9 Å². The highest BCUT2D eigenvalue weighted by molar-refractivity contribution is 9.10. The van der Waals surface area contributed by atoms with Gasteiger partial charge in [0.05, 0.1) is 24.3 Å². The molecule has 3 atom stereocenters. The summed E-state index contributed by atoms with van der Waals surface area (Å²) in [7, 11) is 1.67. The Morgan fingerprint density at radius 3 is 2.85 bits per heavy atom. The number of rotatable bonds is 4. The van der Waals surface area contributed by atoms with Crippen molar-refractivity contribution in [3.05, 3.63) is 28.2 Å². The smallest absolute Gasteiger partial charge is 0.133 e. The predicted octanol–water partition coefficient (Wildman–Crippen LogP) is 2.57. The van der Waals surface area contributed by atoms with E-state index in [0.29, 0.717) is 12.6 Å². The van der Waals surface area contributed by atoms with Gasteiger partial charge in [-0.05, 0) is 47.5 Å². The molecule has 4 nitrogen and oxygen atoms in total. The number of hydrogen-bond donors (Lipinski definition) is 1. The van der Waals surface area contributed by atoms with Crippen LogP contribution in [0.2, 0.25) is 0 Å². The highest BCUT2D eigenvalue weighted by Gasteiger charge is 2.30. The summed E-state index contributed by atoms with van der Waals surface area (Å²) in [6.45, 7) is 6.56. The zero-order valence-corrected chi connectivity index (χ0v) is 13.9. The fourth-order valence-corrected chi connectivity index (χ4v) is 3.27. The number of morpholine rings is 1. The van der Waals surface area contributed by atoms with Crippen LogP contribution in [0, 0.1) is 0 Å². The lowest BCUT2D eigenvalue weighted by molar-refractivity contribution is -0.0654. The van der Waals surface area contributed by atoms with E-state index in [4.69, 9.17) is 15.2 Å². The van der Waals surface area contributed by atoms with Crippen LogP contribution in [0.15, 0.2) is 22.7 Å². The molecular weight excluding hydrogens is 320 g/mol. The van der Waals surface area contributed by atoms with Gasteiger partial charge >= 0.3 is 0 Å². The minimum Gasteiger partial charge on any atom is -0.496 e. The quantitative estimate of drug-likeness (QED) is 0.913. The van der Waals surface area contributed by atoms with E-state index in [9.17, 15) is 0 Å². The summed E-state index contributed by atoms with van der Waals surface area (Å²) in [6, 6.07) is 6.76. The maximum atomic E-state index is 6.03. The minimum atomic E-state index is 0.207. The largest absolute Gasteiger partial charge is 0.496 e. The Labute approximate surface area is 129 Å². The number of benzene rings is 1. The van der Waals surface area contributed by atoms with Crippen molar-refractivity contribution in [1.82, 2.24) is 4.90 Å². The lowest BCUT2D eigenvalue weighted by Gasteiger charge is -2.41. The zero-order valence-electron chi connectivity index (χ0n) is 12.3. The molecule has 0 radical (unpaired) electrons. The normalized spacial score (nSPS) is 25.4. The molecule has 112 valence electrons. The molecule has 0 aliphatic carbocycles. The minimum absolute atomic E-state index is 0.207. The Kier molecular flexibility index (Phi) is 5.43. The summed E-state index contributed by atoms with van der Waals surface area (Å²) >= 11 is 3.55. The molecule has 3 unspecified atom stereocenters. The number of nitrogens with zero attached hydrogens (tertiary/aromatic N) is 1. The van der Waals surface area contributed by atoms with Crippen LogP contribution < -0.4 is 10.5 Å². The van der Waals surface area contributed by atoms with Gasteiger partial charge in [-0.15, -0.1) is 0 Å². The standard InChI is InChI=1S/C15H23BrN2O2/c1-10-9-20-11(2)8-18(10)14(7-17)12-4-5-15(19-3)13(16)6-12/h4-6,10-11,14H,7-9,17H2,1-3H3. The van der Waals surface area contributed by atoms with Gasteiger partial charge in [0.1, 0.15) is 5.75 Å². The summed E-state index contributed by atoms with van der Waals surface area (Å²) in [6.07, 6.45) is 0.252. The van der Waals surface area contributed by atoms with E-state index >= 15 is 0 Å². The Morgan fingerprint density at radius 1 is 1.50 bits per heavy atom. The Bertz CT molecular complexity index is 455. The molecular formula is C15H23BrN2O2. The predicted molar refractivity (Wildman–Crippen MR) is 84.1 cm³/mol. The molecule has 2 rings (SSSR count). The van der Waals surface area contributed by atoms with Crippen molar-refractivity contribution in [3.8, 4) is 5.75 Å². The molecule has 2 N–H and O–H groups in total. The number of halogens is 1. The van der Waals surface area contributed by atoms with Crippen molar-refractivity contribution in [2.45, 2.75) is 32.0 Å². The third kappa shape index (κ3) is 3.34. The summed E-state index contributed by atoms with van der Waals surface area (Å²) < 4.78 is 11.9. The lowest BCUT2D eigenvalue weighted by Crippen LogP contribution is -2.50. The van der Waals surface area contributed by atoms with Crippen LogP contribution in [-0.2, 0) is 4.74 Å². The van der Waals surface area contributed by atoms with Crippen molar-refractivity contribution in [1.29, 1.82) is 0 Å². The maximum absolute atomic E-state index is 6.03. The van der Waals surface area contributed by atoms with Crippen LogP contribution in [0.3, 0.4) is 0 Å². The number of nitrogens with two attached hydrogens (primary N) is 1. The molecule has 1 aliphatic rings. The van der Waals surface area contributed by atoms with Gasteiger partial charge in [-0.2, -0.15) is 0 Å². The molecule has 0 aromatic heterocycles. The first kappa shape index (κ1) is 15.8. The molecule has 1 fully saturated rings. The second-order valence-electron chi connectivity index (χ2n) is 5.34. The van der Waals surface area contributed by atoms with Crippen molar-refractivity contribution in [2.24, 2.45) is 5.73 Å². The number of ether oxygens (including phenoxy) is 2. The molecule has 1 aromatic rings. The van der Waals surface area contributed by atoms with Crippen LogP contribution in [0.5, 0.6) is 5.75 Å². The fraction of sp³-hybridized carbons (Fsp3) is 0.600. The molecule has 0 amide bonds. The van der Waals surface area contributed by atoms with E-state index in [1.54, 1.807) is 7.11 Å². The molecule has 20 heavy (non-hydrogen) atoms. The molecule has 1 heterocycles. The lowest BCUT2D eigenvalue weighted by atomic mass is 10.0. The first-order chi connectivity index (χ1) is 9.56. The molecule has 5 heteroatoms. The summed E-state index contributed by atoms with van der Waals surface area (Å²) in [4.78, 5) is 2.43. The van der Waals surface area contributed by atoms with Crippen molar-refractivity contribution in [3.63, 3.8) is 0 Å². The monoisotopic (exact) mass is 342 g/mol. The average molecular weight is 343 g/mol. The summed E-state index contributed by atoms with van der Waals surface area (Å²) in [5.74, 6) is 0.841. The number of hydrogen-bond acceptors (Lipinski definition) is 4. The topological polar surface area (TPSA) is 47.7 Å². The van der Waals surface area contributed by atoms with E-state index in [1.165, 1.54) is 5.56 Å². The summed E-state index contributed by atoms with van der Waals surface area (Å²) in [5, 5.41) is 0. The first-order valence-corrected chi connectivity index (χ1v) is 7.77. The third-order valence-corrected chi connectivity index (χ3v) is 4.46. The molecule has 0 spiro atoms.